The molecular weight excluding hydrogens is 188 g/mol. The number of rotatable bonds is 1. The molecule has 0 aliphatic rings. The van der Waals surface area contributed by atoms with Crippen LogP contribution in [0.15, 0.2) is 5.11 Å². The fourth-order valence-electron chi connectivity index (χ4n) is 0.796. The average molecular weight is 200 g/mol. The first-order chi connectivity index (χ1) is 6.31. The van der Waals surface area contributed by atoms with Crippen LogP contribution in [-0.2, 0) is 0 Å². The van der Waals surface area contributed by atoms with Gasteiger partial charge in [-0.25, -0.2) is 0 Å². The lowest BCUT2D eigenvalue weighted by Crippen LogP contribution is -2.32. The molecule has 8 nitrogen and oxygen atoms in total. The van der Waals surface area contributed by atoms with E-state index >= 15 is 0 Å². The van der Waals surface area contributed by atoms with Crippen LogP contribution in [0.25, 0.3) is 0 Å². The van der Waals surface area contributed by atoms with Gasteiger partial charge in [0.05, 0.1) is 0 Å². The second kappa shape index (κ2) is 3.13. The van der Waals surface area contributed by atoms with Gasteiger partial charge in [0, 0.05) is 9.71 Å². The van der Waals surface area contributed by atoms with E-state index < -0.39 is 5.54 Å². The topological polar surface area (TPSA) is 120 Å². The molecule has 0 saturated carbocycles. The van der Waals surface area contributed by atoms with Crippen molar-refractivity contribution in [3.63, 3.8) is 0 Å². The first-order valence-electron chi connectivity index (χ1n) is 3.95. The predicted molar refractivity (Wildman–Crippen MR) is 47.4 cm³/mol. The molecule has 0 aromatic carbocycles. The fraction of sp³-hybridized carbons (Fsp3) is 0.667. The lowest BCUT2D eigenvalue weighted by atomic mass is 10.1. The zero-order chi connectivity index (χ0) is 10.9. The van der Waals surface area contributed by atoms with E-state index in [1.807, 2.05) is 5.21 Å². The first-order valence-corrected chi connectivity index (χ1v) is 3.95. The van der Waals surface area contributed by atoms with E-state index in [2.05, 4.69) is 10.2 Å². The SMILES string of the molecule is CC(C)(C)N=[N+]([O-])c1c(N)n[nH][n+]1[O-]. The van der Waals surface area contributed by atoms with Crippen molar-refractivity contribution in [2.24, 2.45) is 5.11 Å². The van der Waals surface area contributed by atoms with Gasteiger partial charge in [-0.15, -0.1) is 0 Å². The Morgan fingerprint density at radius 1 is 1.57 bits per heavy atom. The molecule has 14 heavy (non-hydrogen) atoms. The van der Waals surface area contributed by atoms with Crippen LogP contribution >= 0.6 is 0 Å². The Labute approximate surface area is 80.2 Å². The molecule has 0 aliphatic carbocycles. The molecule has 0 unspecified atom stereocenters. The summed E-state index contributed by atoms with van der Waals surface area (Å²) in [5.41, 5.74) is 4.71. The molecule has 0 atom stereocenters. The third-order valence-electron chi connectivity index (χ3n) is 1.25. The van der Waals surface area contributed by atoms with Crippen LogP contribution in [0.5, 0.6) is 0 Å². The maximum Gasteiger partial charge on any atom is 0.562 e. The Morgan fingerprint density at radius 3 is 2.50 bits per heavy atom. The number of nitrogens with zero attached hydrogens (tertiary/aromatic N) is 4. The molecule has 0 saturated heterocycles. The van der Waals surface area contributed by atoms with Gasteiger partial charge in [0.15, 0.2) is 0 Å². The van der Waals surface area contributed by atoms with Crippen molar-refractivity contribution in [2.45, 2.75) is 26.3 Å². The summed E-state index contributed by atoms with van der Waals surface area (Å²) >= 11 is 0. The van der Waals surface area contributed by atoms with Gasteiger partial charge < -0.3 is 16.1 Å². The average Bonchev–Trinajstić information content (AvgIpc) is 2.27. The molecule has 1 aromatic rings. The van der Waals surface area contributed by atoms with Gasteiger partial charge in [-0.3, -0.25) is 0 Å². The predicted octanol–water partition coefficient (Wildman–Crippen LogP) is 0.0178. The molecule has 8 heteroatoms. The summed E-state index contributed by atoms with van der Waals surface area (Å²) in [6.07, 6.45) is 0. The number of nitrogens with one attached hydrogen (secondary N) is 1. The van der Waals surface area contributed by atoms with E-state index in [4.69, 9.17) is 5.73 Å². The molecule has 0 amide bonds. The second-order valence-corrected chi connectivity index (χ2v) is 3.76. The summed E-state index contributed by atoms with van der Waals surface area (Å²) in [5, 5.41) is 31.4. The molecular formula is C6H12N6O2. The number of hydrogen-bond acceptors (Lipinski definition) is 5. The Balaban J connectivity index is 3.12. The number of anilines is 1. The van der Waals surface area contributed by atoms with Crippen LogP contribution in [0.3, 0.4) is 0 Å². The standard InChI is InChI=1S/C6H12N6O2/c1-6(2,3)9-11(13)5-4(7)8-10-12(5)14/h10H,1-3H3,(H2,7,8). The fourth-order valence-corrected chi connectivity index (χ4v) is 0.796. The van der Waals surface area contributed by atoms with Crippen LogP contribution in [-0.4, -0.2) is 20.7 Å². The largest absolute Gasteiger partial charge is 0.590 e. The van der Waals surface area contributed by atoms with Crippen LogP contribution in [0.2, 0.25) is 0 Å². The molecule has 0 spiro atoms. The molecule has 0 fully saturated rings. The lowest BCUT2D eigenvalue weighted by Gasteiger charge is -2.06. The third kappa shape index (κ3) is 2.09. The summed E-state index contributed by atoms with van der Waals surface area (Å²) in [7, 11) is 0. The van der Waals surface area contributed by atoms with Crippen molar-refractivity contribution >= 4 is 11.6 Å². The van der Waals surface area contributed by atoms with Crippen molar-refractivity contribution < 1.29 is 9.71 Å². The second-order valence-electron chi connectivity index (χ2n) is 3.76. The van der Waals surface area contributed by atoms with Crippen molar-refractivity contribution in [3.05, 3.63) is 10.4 Å². The van der Waals surface area contributed by atoms with Crippen molar-refractivity contribution in [1.29, 1.82) is 0 Å². The number of azo groups is 1. The minimum atomic E-state index is -0.585. The summed E-state index contributed by atoms with van der Waals surface area (Å²) < 4.78 is 0. The number of nitrogen functional groups attached to an aromatic ring is 1. The minimum Gasteiger partial charge on any atom is -0.590 e. The Bertz CT molecular complexity index is 343. The van der Waals surface area contributed by atoms with E-state index in [-0.39, 0.29) is 21.3 Å². The Morgan fingerprint density at radius 2 is 2.14 bits per heavy atom. The van der Waals surface area contributed by atoms with Gasteiger partial charge >= 0.3 is 11.6 Å². The highest BCUT2D eigenvalue weighted by molar-refractivity contribution is 5.40. The van der Waals surface area contributed by atoms with Gasteiger partial charge in [0.2, 0.25) is 0 Å². The van der Waals surface area contributed by atoms with E-state index in [0.717, 1.165) is 0 Å². The molecule has 78 valence electrons. The van der Waals surface area contributed by atoms with Gasteiger partial charge in [-0.1, -0.05) is 10.3 Å². The van der Waals surface area contributed by atoms with Crippen LogP contribution < -0.4 is 10.6 Å². The number of hydrogen-bond donors (Lipinski definition) is 2. The molecule has 1 rings (SSSR count). The molecule has 0 radical (unpaired) electrons. The van der Waals surface area contributed by atoms with Crippen LogP contribution in [0.1, 0.15) is 20.8 Å². The quantitative estimate of drug-likeness (QED) is 0.287. The molecule has 0 aliphatic heterocycles. The highest BCUT2D eigenvalue weighted by atomic mass is 16.5. The highest BCUT2D eigenvalue weighted by Gasteiger charge is 2.28. The van der Waals surface area contributed by atoms with E-state index in [1.54, 1.807) is 20.8 Å². The number of aromatic amines is 1. The van der Waals surface area contributed by atoms with Gasteiger partial charge in [-0.2, -0.15) is 0 Å². The highest BCUT2D eigenvalue weighted by Crippen LogP contribution is 2.15. The minimum absolute atomic E-state index is 0.164. The molecule has 1 heterocycles. The van der Waals surface area contributed by atoms with Crippen molar-refractivity contribution in [2.75, 3.05) is 5.73 Å². The van der Waals surface area contributed by atoms with Crippen LogP contribution in [0, 0.1) is 10.4 Å². The van der Waals surface area contributed by atoms with Gasteiger partial charge in [0.1, 0.15) is 5.54 Å². The first kappa shape index (κ1) is 10.2. The monoisotopic (exact) mass is 200 g/mol. The zero-order valence-corrected chi connectivity index (χ0v) is 8.18. The number of H-pyrrole nitrogens is 1. The Hall–Kier alpha value is -1.86. The zero-order valence-electron chi connectivity index (χ0n) is 8.18. The van der Waals surface area contributed by atoms with Gasteiger partial charge in [-0.05, 0) is 25.9 Å². The molecule has 0 bridgehead atoms. The Kier molecular flexibility index (Phi) is 2.28. The molecule has 1 aromatic heterocycles. The normalized spacial score (nSPS) is 13.2. The van der Waals surface area contributed by atoms with E-state index in [1.165, 1.54) is 0 Å². The van der Waals surface area contributed by atoms with E-state index in [0.29, 0.717) is 0 Å². The third-order valence-corrected chi connectivity index (χ3v) is 1.25. The van der Waals surface area contributed by atoms with E-state index in [9.17, 15) is 10.4 Å². The lowest BCUT2D eigenvalue weighted by molar-refractivity contribution is -0.720. The maximum atomic E-state index is 11.4. The van der Waals surface area contributed by atoms with Crippen molar-refractivity contribution in [3.8, 4) is 0 Å². The smallest absolute Gasteiger partial charge is 0.562 e. The van der Waals surface area contributed by atoms with Crippen LogP contribution in [0.4, 0.5) is 11.6 Å². The summed E-state index contributed by atoms with van der Waals surface area (Å²) in [6.45, 7) is 5.18. The number of nitrogens with two attached hydrogens (primary N) is 1. The summed E-state index contributed by atoms with van der Waals surface area (Å²) in [6, 6.07) is 0. The van der Waals surface area contributed by atoms with Gasteiger partial charge in [0.25, 0.3) is 0 Å². The van der Waals surface area contributed by atoms with Crippen molar-refractivity contribution in [1.82, 2.24) is 10.3 Å². The number of aromatic nitrogens is 3. The maximum absolute atomic E-state index is 11.4. The summed E-state index contributed by atoms with van der Waals surface area (Å²) in [5.74, 6) is -0.525. The summed E-state index contributed by atoms with van der Waals surface area (Å²) in [4.78, 5) is 0.337. The molecule has 3 N–H and O–H groups in total.